The van der Waals surface area contributed by atoms with E-state index >= 15 is 0 Å². The minimum absolute atomic E-state index is 0.158. The van der Waals surface area contributed by atoms with Gasteiger partial charge in [0.1, 0.15) is 0 Å². The largest absolute Gasteiger partial charge is 0.390 e. The molecule has 2 heterocycles. The molecule has 290 valence electrons. The van der Waals surface area contributed by atoms with Crippen LogP contribution in [-0.4, -0.2) is 144 Å². The summed E-state index contributed by atoms with van der Waals surface area (Å²) in [4.78, 5) is 62.1. The number of aliphatic hydroxyl groups excluding tert-OH is 2. The first-order valence-electron chi connectivity index (χ1n) is 19.6. The fourth-order valence-corrected chi connectivity index (χ4v) is 8.51. The number of rotatable bonds is 15. The number of carbonyl (C=O) groups excluding carboxylic acids is 4. The highest BCUT2D eigenvalue weighted by atomic mass is 16.3. The molecule has 2 fully saturated rings. The molecule has 0 spiro atoms. The fourth-order valence-electron chi connectivity index (χ4n) is 8.51. The average molecular weight is 757 g/mol. The van der Waals surface area contributed by atoms with Crippen LogP contribution in [0.4, 0.5) is 11.4 Å². The summed E-state index contributed by atoms with van der Waals surface area (Å²) in [5.74, 6) is -0.672. The highest BCUT2D eigenvalue weighted by Gasteiger charge is 2.33. The smallest absolute Gasteiger partial charge is 0.196 e. The van der Waals surface area contributed by atoms with Crippen molar-refractivity contribution in [3.8, 4) is 0 Å². The van der Waals surface area contributed by atoms with Crippen molar-refractivity contribution in [2.24, 2.45) is 0 Å². The number of carbonyl (C=O) groups is 4. The number of nitrogens with one attached hydrogen (secondary N) is 2. The zero-order valence-electron chi connectivity index (χ0n) is 31.5. The van der Waals surface area contributed by atoms with Gasteiger partial charge in [-0.25, -0.2) is 0 Å². The van der Waals surface area contributed by atoms with Crippen LogP contribution in [-0.2, 0) is 0 Å². The maximum absolute atomic E-state index is 13.3. The molecule has 0 bridgehead atoms. The average Bonchev–Trinajstić information content (AvgIpc) is 3.87. The Bertz CT molecular complexity index is 2000. The SMILES string of the molecule is O=C1c2ccccc2C(=O)c2c(NCC(O)CN3CCN(CCCCN4CCN(CC(O)CNc5cccc6c5C(=O)c5ccccc5C6=O)C4)C3)cccc21. The van der Waals surface area contributed by atoms with Gasteiger partial charge in [0.2, 0.25) is 0 Å². The number of anilines is 2. The van der Waals surface area contributed by atoms with E-state index in [4.69, 9.17) is 0 Å². The normalized spacial score (nSPS) is 18.4. The predicted molar refractivity (Wildman–Crippen MR) is 214 cm³/mol. The van der Waals surface area contributed by atoms with Crippen LogP contribution in [0.15, 0.2) is 84.9 Å². The number of hydrogen-bond donors (Lipinski definition) is 4. The predicted octanol–water partition coefficient (Wildman–Crippen LogP) is 3.41. The van der Waals surface area contributed by atoms with Crippen LogP contribution in [0.5, 0.6) is 0 Å². The van der Waals surface area contributed by atoms with Gasteiger partial charge in [-0.15, -0.1) is 0 Å². The summed E-state index contributed by atoms with van der Waals surface area (Å²) in [5.41, 5.74) is 4.34. The van der Waals surface area contributed by atoms with Crippen molar-refractivity contribution in [3.05, 3.63) is 129 Å². The highest BCUT2D eigenvalue weighted by molar-refractivity contribution is 6.31. The summed E-state index contributed by atoms with van der Waals surface area (Å²) >= 11 is 0. The van der Waals surface area contributed by atoms with Gasteiger partial charge in [0.05, 0.1) is 36.7 Å². The van der Waals surface area contributed by atoms with Gasteiger partial charge in [-0.1, -0.05) is 72.8 Å². The lowest BCUT2D eigenvalue weighted by molar-refractivity contribution is 0.0979. The molecule has 0 amide bonds. The van der Waals surface area contributed by atoms with Gasteiger partial charge < -0.3 is 20.8 Å². The van der Waals surface area contributed by atoms with E-state index in [0.717, 1.165) is 65.4 Å². The second-order valence-corrected chi connectivity index (χ2v) is 15.3. The summed E-state index contributed by atoms with van der Waals surface area (Å²) in [5, 5.41) is 28.3. The third-order valence-electron chi connectivity index (χ3n) is 11.4. The first-order valence-corrected chi connectivity index (χ1v) is 19.6. The van der Waals surface area contributed by atoms with Gasteiger partial charge in [0.15, 0.2) is 23.1 Å². The van der Waals surface area contributed by atoms with Gasteiger partial charge in [-0.3, -0.25) is 38.8 Å². The molecule has 56 heavy (non-hydrogen) atoms. The number of ketones is 4. The number of nitrogens with zero attached hydrogens (tertiary/aromatic N) is 4. The number of fused-ring (bicyclic) bond motifs is 4. The van der Waals surface area contributed by atoms with Crippen molar-refractivity contribution >= 4 is 34.5 Å². The van der Waals surface area contributed by atoms with Crippen molar-refractivity contribution in [1.29, 1.82) is 0 Å². The van der Waals surface area contributed by atoms with Crippen LogP contribution in [0.25, 0.3) is 0 Å². The molecule has 0 saturated carbocycles. The van der Waals surface area contributed by atoms with Gasteiger partial charge in [0, 0.05) is 97.1 Å². The first-order chi connectivity index (χ1) is 27.2. The molecule has 4 N–H and O–H groups in total. The molecular weight excluding hydrogens is 709 g/mol. The van der Waals surface area contributed by atoms with Crippen LogP contribution in [0.2, 0.25) is 0 Å². The maximum atomic E-state index is 13.3. The monoisotopic (exact) mass is 756 g/mol. The van der Waals surface area contributed by atoms with E-state index < -0.39 is 12.2 Å². The Morgan fingerprint density at radius 2 is 0.821 bits per heavy atom. The quantitative estimate of drug-likeness (QED) is 0.114. The van der Waals surface area contributed by atoms with Crippen LogP contribution in [0.3, 0.4) is 0 Å². The van der Waals surface area contributed by atoms with E-state index in [2.05, 4.69) is 30.2 Å². The van der Waals surface area contributed by atoms with E-state index in [1.54, 1.807) is 84.9 Å². The number of β-amino-alcohol motifs (C(OH)–C–C–N with tert-alkyl or cyclic N) is 2. The molecule has 4 aliphatic rings. The van der Waals surface area contributed by atoms with Crippen molar-refractivity contribution in [2.45, 2.75) is 25.0 Å². The Hall–Kier alpha value is -5.08. The molecule has 2 aliphatic heterocycles. The molecule has 0 radical (unpaired) electrons. The number of hydrogen-bond acceptors (Lipinski definition) is 12. The van der Waals surface area contributed by atoms with Crippen LogP contribution >= 0.6 is 0 Å². The lowest BCUT2D eigenvalue weighted by Gasteiger charge is -2.24. The number of aliphatic hydroxyl groups is 2. The molecule has 12 nitrogen and oxygen atoms in total. The third kappa shape index (κ3) is 7.81. The second-order valence-electron chi connectivity index (χ2n) is 15.3. The third-order valence-corrected chi connectivity index (χ3v) is 11.4. The van der Waals surface area contributed by atoms with Gasteiger partial charge in [-0.05, 0) is 38.1 Å². The van der Waals surface area contributed by atoms with E-state index in [9.17, 15) is 29.4 Å². The molecule has 2 atom stereocenters. The maximum Gasteiger partial charge on any atom is 0.196 e. The minimum Gasteiger partial charge on any atom is -0.390 e. The summed E-state index contributed by atoms with van der Waals surface area (Å²) in [7, 11) is 0. The van der Waals surface area contributed by atoms with Crippen molar-refractivity contribution in [3.63, 3.8) is 0 Å². The molecule has 2 saturated heterocycles. The summed E-state index contributed by atoms with van der Waals surface area (Å²) < 4.78 is 0. The van der Waals surface area contributed by atoms with Crippen LogP contribution in [0, 0.1) is 0 Å². The van der Waals surface area contributed by atoms with Crippen LogP contribution in [0.1, 0.15) is 76.5 Å². The van der Waals surface area contributed by atoms with Gasteiger partial charge >= 0.3 is 0 Å². The zero-order valence-corrected chi connectivity index (χ0v) is 31.5. The van der Waals surface area contributed by atoms with E-state index in [-0.39, 0.29) is 36.2 Å². The van der Waals surface area contributed by atoms with E-state index in [1.165, 1.54) is 0 Å². The Morgan fingerprint density at radius 1 is 0.464 bits per heavy atom. The summed E-state index contributed by atoms with van der Waals surface area (Å²) in [6.07, 6.45) is 0.861. The Morgan fingerprint density at radius 3 is 1.23 bits per heavy atom. The molecular formula is C44H48N6O6. The molecule has 8 rings (SSSR count). The lowest BCUT2D eigenvalue weighted by atomic mass is 9.83. The summed E-state index contributed by atoms with van der Waals surface area (Å²) in [6.45, 7) is 8.82. The second kappa shape index (κ2) is 16.6. The topological polar surface area (TPSA) is 146 Å². The number of benzene rings is 4. The minimum atomic E-state index is -0.642. The Labute approximate surface area is 326 Å². The fraction of sp³-hybridized carbons (Fsp3) is 0.364. The van der Waals surface area contributed by atoms with E-state index in [0.29, 0.717) is 69.0 Å². The standard InChI is InChI=1S/C44H48N6O6/c51-29(23-45-37-15-7-13-35-39(37)43(55)33-11-3-1-9-31(33)41(35)53)25-49-21-19-47(27-49)17-5-6-18-48-20-22-50(28-48)26-30(52)24-46-38-16-8-14-36-40(38)44(56)34-12-4-2-10-32(34)42(36)54/h1-4,7-16,29-30,45-46,51-52H,5-6,17-28H2. The highest BCUT2D eigenvalue weighted by Crippen LogP contribution is 2.33. The van der Waals surface area contributed by atoms with Crippen molar-refractivity contribution in [2.75, 3.05) is 89.4 Å². The number of unbranched alkanes of at least 4 members (excludes halogenated alkanes) is 1. The molecule has 4 aromatic rings. The molecule has 4 aromatic carbocycles. The molecule has 2 unspecified atom stereocenters. The van der Waals surface area contributed by atoms with Crippen molar-refractivity contribution in [1.82, 2.24) is 19.6 Å². The van der Waals surface area contributed by atoms with Gasteiger partial charge in [-0.2, -0.15) is 0 Å². The Balaban J connectivity index is 0.721. The summed E-state index contributed by atoms with van der Waals surface area (Å²) in [6, 6.07) is 24.3. The molecule has 2 aliphatic carbocycles. The lowest BCUT2D eigenvalue weighted by Crippen LogP contribution is -2.36. The van der Waals surface area contributed by atoms with E-state index in [1.807, 2.05) is 0 Å². The molecule has 0 aromatic heterocycles. The van der Waals surface area contributed by atoms with Crippen molar-refractivity contribution < 1.29 is 29.4 Å². The molecule has 12 heteroatoms. The van der Waals surface area contributed by atoms with Gasteiger partial charge in [0.25, 0.3) is 0 Å². The van der Waals surface area contributed by atoms with Crippen LogP contribution < -0.4 is 10.6 Å². The Kier molecular flexibility index (Phi) is 11.2. The first kappa shape index (κ1) is 37.8. The zero-order chi connectivity index (χ0) is 38.8.